The van der Waals surface area contributed by atoms with Gasteiger partial charge in [0.25, 0.3) is 0 Å². The van der Waals surface area contributed by atoms with Crippen molar-refractivity contribution < 1.29 is 9.90 Å². The van der Waals surface area contributed by atoms with Gasteiger partial charge in [0.2, 0.25) is 0 Å². The lowest BCUT2D eigenvalue weighted by Crippen LogP contribution is -2.42. The van der Waals surface area contributed by atoms with Crippen LogP contribution in [0, 0.1) is 0 Å². The monoisotopic (exact) mass is 262 g/mol. The fraction of sp³-hybridized carbons (Fsp3) is 0.533. The van der Waals surface area contributed by atoms with Crippen LogP contribution in [0.3, 0.4) is 0 Å². The molecule has 0 spiro atoms. The second-order valence-electron chi connectivity index (χ2n) is 5.25. The number of aliphatic carboxylic acids is 1. The largest absolute Gasteiger partial charge is 0.480 e. The average molecular weight is 262 g/mol. The van der Waals surface area contributed by atoms with E-state index in [1.54, 1.807) is 6.92 Å². The second-order valence-corrected chi connectivity index (χ2v) is 5.25. The molecule has 0 aromatic heterocycles. The van der Waals surface area contributed by atoms with Crippen LogP contribution in [0.15, 0.2) is 30.3 Å². The first-order valence-electron chi connectivity index (χ1n) is 6.90. The van der Waals surface area contributed by atoms with E-state index in [0.29, 0.717) is 6.04 Å². The van der Waals surface area contributed by atoms with Crippen LogP contribution in [0.5, 0.6) is 0 Å². The van der Waals surface area contributed by atoms with Crippen molar-refractivity contribution in [2.75, 3.05) is 19.6 Å². The van der Waals surface area contributed by atoms with E-state index in [1.807, 2.05) is 6.07 Å². The maximum Gasteiger partial charge on any atom is 0.320 e. The smallest absolute Gasteiger partial charge is 0.320 e. The number of carboxylic acids is 1. The number of hydrogen-bond donors (Lipinski definition) is 2. The van der Waals surface area contributed by atoms with Crippen LogP contribution in [-0.2, 0) is 11.2 Å². The summed E-state index contributed by atoms with van der Waals surface area (Å²) < 4.78 is 0. The molecule has 0 aliphatic carbocycles. The summed E-state index contributed by atoms with van der Waals surface area (Å²) in [6, 6.07) is 10.3. The lowest BCUT2D eigenvalue weighted by Gasteiger charge is -2.18. The van der Waals surface area contributed by atoms with Crippen LogP contribution in [0.2, 0.25) is 0 Å². The molecule has 2 rings (SSSR count). The molecule has 1 aromatic carbocycles. The van der Waals surface area contributed by atoms with E-state index in [1.165, 1.54) is 5.56 Å². The quantitative estimate of drug-likeness (QED) is 0.813. The van der Waals surface area contributed by atoms with Gasteiger partial charge < -0.3 is 15.3 Å². The Morgan fingerprint density at radius 2 is 2.21 bits per heavy atom. The molecule has 1 heterocycles. The van der Waals surface area contributed by atoms with Crippen molar-refractivity contribution in [3.8, 4) is 0 Å². The summed E-state index contributed by atoms with van der Waals surface area (Å²) in [5, 5.41) is 12.0. The van der Waals surface area contributed by atoms with Gasteiger partial charge in [-0.25, -0.2) is 0 Å². The van der Waals surface area contributed by atoms with Crippen LogP contribution < -0.4 is 5.32 Å². The van der Waals surface area contributed by atoms with Gasteiger partial charge in [-0.1, -0.05) is 30.3 Å². The van der Waals surface area contributed by atoms with Crippen LogP contribution >= 0.6 is 0 Å². The highest BCUT2D eigenvalue weighted by Crippen LogP contribution is 2.11. The molecule has 1 aliphatic heterocycles. The number of hydrogen-bond acceptors (Lipinski definition) is 3. The van der Waals surface area contributed by atoms with Gasteiger partial charge in [0.1, 0.15) is 6.04 Å². The van der Waals surface area contributed by atoms with Crippen molar-refractivity contribution in [1.82, 2.24) is 10.2 Å². The van der Waals surface area contributed by atoms with E-state index in [2.05, 4.69) is 34.5 Å². The molecule has 4 heteroatoms. The molecule has 2 N–H and O–H groups in total. The zero-order chi connectivity index (χ0) is 13.7. The number of nitrogens with zero attached hydrogens (tertiary/aromatic N) is 1. The van der Waals surface area contributed by atoms with Crippen LogP contribution in [0.1, 0.15) is 18.9 Å². The molecule has 1 saturated heterocycles. The van der Waals surface area contributed by atoms with E-state index >= 15 is 0 Å². The number of carboxylic acid groups (broad SMARTS) is 1. The fourth-order valence-electron chi connectivity index (χ4n) is 2.53. The molecule has 1 aromatic rings. The SMILES string of the molecule is CC(NC1CCN(CCc2ccccc2)C1)C(=O)O. The van der Waals surface area contributed by atoms with Gasteiger partial charge in [-0.05, 0) is 31.9 Å². The zero-order valence-corrected chi connectivity index (χ0v) is 11.4. The van der Waals surface area contributed by atoms with Crippen molar-refractivity contribution in [2.45, 2.75) is 31.8 Å². The number of likely N-dealkylation sites (tertiary alicyclic amines) is 1. The molecule has 0 bridgehead atoms. The second kappa shape index (κ2) is 6.68. The molecular weight excluding hydrogens is 240 g/mol. The van der Waals surface area contributed by atoms with E-state index in [-0.39, 0.29) is 0 Å². The Morgan fingerprint density at radius 3 is 2.89 bits per heavy atom. The van der Waals surface area contributed by atoms with Gasteiger partial charge in [-0.3, -0.25) is 4.79 Å². The predicted octanol–water partition coefficient (Wildman–Crippen LogP) is 1.37. The van der Waals surface area contributed by atoms with E-state index in [4.69, 9.17) is 5.11 Å². The Morgan fingerprint density at radius 1 is 1.47 bits per heavy atom. The lowest BCUT2D eigenvalue weighted by atomic mass is 10.1. The first kappa shape index (κ1) is 14.0. The molecular formula is C15H22N2O2. The summed E-state index contributed by atoms with van der Waals surface area (Å²) in [5.41, 5.74) is 1.36. The number of rotatable bonds is 6. The molecule has 1 aliphatic rings. The Labute approximate surface area is 114 Å². The summed E-state index contributed by atoms with van der Waals surface area (Å²) in [7, 11) is 0. The highest BCUT2D eigenvalue weighted by atomic mass is 16.4. The van der Waals surface area contributed by atoms with Gasteiger partial charge in [0.05, 0.1) is 0 Å². The van der Waals surface area contributed by atoms with Crippen molar-refractivity contribution in [3.63, 3.8) is 0 Å². The molecule has 0 radical (unpaired) electrons. The van der Waals surface area contributed by atoms with Crippen LogP contribution in [-0.4, -0.2) is 47.7 Å². The molecule has 4 nitrogen and oxygen atoms in total. The summed E-state index contributed by atoms with van der Waals surface area (Å²) in [5.74, 6) is -0.775. The Balaban J connectivity index is 1.72. The first-order chi connectivity index (χ1) is 9.15. The van der Waals surface area contributed by atoms with Crippen molar-refractivity contribution in [2.24, 2.45) is 0 Å². The summed E-state index contributed by atoms with van der Waals surface area (Å²) >= 11 is 0. The third kappa shape index (κ3) is 4.33. The summed E-state index contributed by atoms with van der Waals surface area (Å²) in [6.07, 6.45) is 2.09. The normalized spacial score (nSPS) is 21.4. The topological polar surface area (TPSA) is 52.6 Å². The summed E-state index contributed by atoms with van der Waals surface area (Å²) in [6.45, 7) is 4.75. The Hall–Kier alpha value is -1.39. The first-order valence-corrected chi connectivity index (χ1v) is 6.90. The van der Waals surface area contributed by atoms with E-state index < -0.39 is 12.0 Å². The average Bonchev–Trinajstić information content (AvgIpc) is 2.85. The van der Waals surface area contributed by atoms with Gasteiger partial charge in [0.15, 0.2) is 0 Å². The summed E-state index contributed by atoms with van der Waals surface area (Å²) in [4.78, 5) is 13.2. The van der Waals surface area contributed by atoms with Gasteiger partial charge in [-0.15, -0.1) is 0 Å². The maximum atomic E-state index is 10.8. The minimum absolute atomic E-state index is 0.307. The maximum absolute atomic E-state index is 10.8. The Bertz CT molecular complexity index is 408. The van der Waals surface area contributed by atoms with Crippen molar-refractivity contribution in [3.05, 3.63) is 35.9 Å². The number of carbonyl (C=O) groups is 1. The molecule has 2 atom stereocenters. The third-order valence-corrected chi connectivity index (χ3v) is 3.69. The molecule has 0 amide bonds. The van der Waals surface area contributed by atoms with E-state index in [0.717, 1.165) is 32.5 Å². The van der Waals surface area contributed by atoms with Crippen molar-refractivity contribution >= 4 is 5.97 Å². The lowest BCUT2D eigenvalue weighted by molar-refractivity contribution is -0.139. The van der Waals surface area contributed by atoms with Crippen molar-refractivity contribution in [1.29, 1.82) is 0 Å². The highest BCUT2D eigenvalue weighted by Gasteiger charge is 2.24. The minimum atomic E-state index is -0.775. The highest BCUT2D eigenvalue weighted by molar-refractivity contribution is 5.72. The van der Waals surface area contributed by atoms with Gasteiger partial charge >= 0.3 is 5.97 Å². The van der Waals surface area contributed by atoms with Crippen LogP contribution in [0.4, 0.5) is 0 Å². The third-order valence-electron chi connectivity index (χ3n) is 3.69. The molecule has 1 fully saturated rings. The Kier molecular flexibility index (Phi) is 4.93. The van der Waals surface area contributed by atoms with Crippen LogP contribution in [0.25, 0.3) is 0 Å². The number of benzene rings is 1. The molecule has 2 unspecified atom stereocenters. The van der Waals surface area contributed by atoms with E-state index in [9.17, 15) is 4.79 Å². The minimum Gasteiger partial charge on any atom is -0.480 e. The molecule has 0 saturated carbocycles. The molecule has 104 valence electrons. The van der Waals surface area contributed by atoms with Gasteiger partial charge in [0, 0.05) is 19.1 Å². The molecule has 19 heavy (non-hydrogen) atoms. The van der Waals surface area contributed by atoms with Gasteiger partial charge in [-0.2, -0.15) is 0 Å². The predicted molar refractivity (Wildman–Crippen MR) is 75.2 cm³/mol. The standard InChI is InChI=1S/C15H22N2O2/c1-12(15(18)19)16-14-8-10-17(11-14)9-7-13-5-3-2-4-6-13/h2-6,12,14,16H,7-11H2,1H3,(H,18,19). The fourth-order valence-corrected chi connectivity index (χ4v) is 2.53. The zero-order valence-electron chi connectivity index (χ0n) is 11.4. The number of nitrogens with one attached hydrogen (secondary N) is 1.